The Morgan fingerprint density at radius 3 is 2.83 bits per heavy atom. The Labute approximate surface area is 105 Å². The fourth-order valence-corrected chi connectivity index (χ4v) is 2.61. The summed E-state index contributed by atoms with van der Waals surface area (Å²) in [6, 6.07) is 5.71. The number of para-hydroxylation sites is 1. The van der Waals surface area contributed by atoms with Gasteiger partial charge in [0.15, 0.2) is 0 Å². The van der Waals surface area contributed by atoms with Gasteiger partial charge in [0.2, 0.25) is 0 Å². The van der Waals surface area contributed by atoms with Crippen LogP contribution in [0, 0.1) is 19.3 Å². The summed E-state index contributed by atoms with van der Waals surface area (Å²) in [7, 11) is 0. The van der Waals surface area contributed by atoms with Gasteiger partial charge in [-0.25, -0.2) is 0 Å². The number of benzene rings is 1. The van der Waals surface area contributed by atoms with Crippen molar-refractivity contribution in [1.82, 2.24) is 0 Å². The molecule has 2 heterocycles. The number of nitrogens with zero attached hydrogens (tertiary/aromatic N) is 1. The standard InChI is InChI=1S/C14H13NO3/c1-3-7-15-12-10(2)5-4-6-11(12)14(13(15)16)17-8-9-18-14/h1,4-6H,7-9H2,2H3. The topological polar surface area (TPSA) is 38.8 Å². The number of anilines is 1. The average molecular weight is 243 g/mol. The second kappa shape index (κ2) is 3.84. The first-order chi connectivity index (χ1) is 8.70. The normalized spacial score (nSPS) is 20.2. The Balaban J connectivity index is 2.21. The van der Waals surface area contributed by atoms with Crippen molar-refractivity contribution in [3.63, 3.8) is 0 Å². The van der Waals surface area contributed by atoms with Crippen LogP contribution in [-0.4, -0.2) is 25.7 Å². The van der Waals surface area contributed by atoms with E-state index < -0.39 is 5.79 Å². The van der Waals surface area contributed by atoms with Crippen molar-refractivity contribution in [2.45, 2.75) is 12.7 Å². The van der Waals surface area contributed by atoms with E-state index in [2.05, 4.69) is 5.92 Å². The summed E-state index contributed by atoms with van der Waals surface area (Å²) in [4.78, 5) is 14.1. The molecule has 0 aromatic heterocycles. The third-order valence-electron chi connectivity index (χ3n) is 3.33. The Kier molecular flexibility index (Phi) is 2.40. The van der Waals surface area contributed by atoms with Crippen LogP contribution in [-0.2, 0) is 20.1 Å². The summed E-state index contributed by atoms with van der Waals surface area (Å²) < 4.78 is 11.2. The summed E-state index contributed by atoms with van der Waals surface area (Å²) in [5, 5.41) is 0. The Bertz CT molecular complexity index is 553. The van der Waals surface area contributed by atoms with Gasteiger partial charge in [-0.15, -0.1) is 6.42 Å². The number of ether oxygens (including phenoxy) is 2. The molecule has 3 rings (SSSR count). The van der Waals surface area contributed by atoms with E-state index in [1.807, 2.05) is 25.1 Å². The summed E-state index contributed by atoms with van der Waals surface area (Å²) >= 11 is 0. The molecule has 0 saturated carbocycles. The SMILES string of the molecule is C#CCN1C(=O)C2(OCCO2)c2cccc(C)c21. The number of amides is 1. The van der Waals surface area contributed by atoms with Crippen molar-refractivity contribution >= 4 is 11.6 Å². The van der Waals surface area contributed by atoms with Crippen LogP contribution >= 0.6 is 0 Å². The third-order valence-corrected chi connectivity index (χ3v) is 3.33. The van der Waals surface area contributed by atoms with Crippen LogP contribution in [0.5, 0.6) is 0 Å². The van der Waals surface area contributed by atoms with Crippen LogP contribution < -0.4 is 4.90 Å². The first kappa shape index (κ1) is 11.3. The highest BCUT2D eigenvalue weighted by Crippen LogP contribution is 2.46. The van der Waals surface area contributed by atoms with Gasteiger partial charge in [-0.3, -0.25) is 9.69 Å². The smallest absolute Gasteiger partial charge is 0.293 e. The first-order valence-corrected chi connectivity index (χ1v) is 5.84. The van der Waals surface area contributed by atoms with Gasteiger partial charge in [-0.05, 0) is 12.5 Å². The van der Waals surface area contributed by atoms with E-state index in [4.69, 9.17) is 15.9 Å². The lowest BCUT2D eigenvalue weighted by Crippen LogP contribution is -2.41. The van der Waals surface area contributed by atoms with E-state index in [9.17, 15) is 4.79 Å². The molecule has 1 fully saturated rings. The van der Waals surface area contributed by atoms with Crippen LogP contribution in [0.25, 0.3) is 0 Å². The predicted octanol–water partition coefficient (Wildman–Crippen LogP) is 1.17. The summed E-state index contributed by atoms with van der Waals surface area (Å²) in [6.07, 6.45) is 5.34. The molecular formula is C14H13NO3. The lowest BCUT2D eigenvalue weighted by Gasteiger charge is -2.20. The zero-order valence-corrected chi connectivity index (χ0v) is 10.1. The zero-order valence-electron chi connectivity index (χ0n) is 10.1. The second-order valence-electron chi connectivity index (χ2n) is 4.38. The molecule has 0 radical (unpaired) electrons. The fourth-order valence-electron chi connectivity index (χ4n) is 2.61. The van der Waals surface area contributed by atoms with Gasteiger partial charge >= 0.3 is 0 Å². The van der Waals surface area contributed by atoms with Gasteiger partial charge in [0.05, 0.1) is 25.4 Å². The molecule has 2 aliphatic rings. The molecule has 1 spiro atoms. The number of terminal acetylenes is 1. The largest absolute Gasteiger partial charge is 0.336 e. The summed E-state index contributed by atoms with van der Waals surface area (Å²) in [5.74, 6) is 1.02. The van der Waals surface area contributed by atoms with E-state index in [-0.39, 0.29) is 12.5 Å². The second-order valence-corrected chi connectivity index (χ2v) is 4.38. The number of carbonyl (C=O) groups excluding carboxylic acids is 1. The molecule has 2 aliphatic heterocycles. The van der Waals surface area contributed by atoms with Crippen LogP contribution in [0.15, 0.2) is 18.2 Å². The minimum Gasteiger partial charge on any atom is -0.336 e. The van der Waals surface area contributed by atoms with Gasteiger partial charge in [-0.2, -0.15) is 0 Å². The molecule has 1 aromatic carbocycles. The number of fused-ring (bicyclic) bond motifs is 2. The van der Waals surface area contributed by atoms with Crippen molar-refractivity contribution in [2.24, 2.45) is 0 Å². The fraction of sp³-hybridized carbons (Fsp3) is 0.357. The van der Waals surface area contributed by atoms with Crippen molar-refractivity contribution in [3.8, 4) is 12.3 Å². The quantitative estimate of drug-likeness (QED) is 0.695. The molecule has 0 N–H and O–H groups in total. The highest BCUT2D eigenvalue weighted by atomic mass is 16.7. The van der Waals surface area contributed by atoms with Crippen molar-refractivity contribution in [1.29, 1.82) is 0 Å². The van der Waals surface area contributed by atoms with Crippen LogP contribution in [0.3, 0.4) is 0 Å². The van der Waals surface area contributed by atoms with Crippen molar-refractivity contribution in [2.75, 3.05) is 24.7 Å². The van der Waals surface area contributed by atoms with Gasteiger partial charge < -0.3 is 9.47 Å². The van der Waals surface area contributed by atoms with E-state index in [1.54, 1.807) is 4.90 Å². The number of rotatable bonds is 1. The van der Waals surface area contributed by atoms with Crippen molar-refractivity contribution in [3.05, 3.63) is 29.3 Å². The summed E-state index contributed by atoms with van der Waals surface area (Å²) in [5.41, 5.74) is 2.58. The van der Waals surface area contributed by atoms with Gasteiger partial charge in [0.1, 0.15) is 0 Å². The molecule has 0 aliphatic carbocycles. The molecule has 92 valence electrons. The number of hydrogen-bond donors (Lipinski definition) is 0. The number of hydrogen-bond acceptors (Lipinski definition) is 3. The maximum atomic E-state index is 12.5. The molecule has 0 atom stereocenters. The molecule has 0 unspecified atom stereocenters. The lowest BCUT2D eigenvalue weighted by atomic mass is 10.0. The van der Waals surface area contributed by atoms with E-state index in [1.165, 1.54) is 0 Å². The molecule has 4 nitrogen and oxygen atoms in total. The van der Waals surface area contributed by atoms with Gasteiger partial charge in [-0.1, -0.05) is 24.1 Å². The third kappa shape index (κ3) is 1.26. The zero-order chi connectivity index (χ0) is 12.8. The van der Waals surface area contributed by atoms with E-state index in [0.29, 0.717) is 13.2 Å². The molecule has 18 heavy (non-hydrogen) atoms. The van der Waals surface area contributed by atoms with Gasteiger partial charge in [0, 0.05) is 5.56 Å². The Morgan fingerprint density at radius 2 is 2.17 bits per heavy atom. The Morgan fingerprint density at radius 1 is 1.44 bits per heavy atom. The molecule has 0 bridgehead atoms. The minimum absolute atomic E-state index is 0.220. The highest BCUT2D eigenvalue weighted by Gasteiger charge is 2.56. The average Bonchev–Trinajstić information content (AvgIpc) is 2.93. The monoisotopic (exact) mass is 243 g/mol. The minimum atomic E-state index is -1.27. The van der Waals surface area contributed by atoms with Crippen LogP contribution in [0.4, 0.5) is 5.69 Å². The molecule has 1 saturated heterocycles. The van der Waals surface area contributed by atoms with E-state index >= 15 is 0 Å². The molecule has 1 amide bonds. The number of carbonyl (C=O) groups is 1. The molecule has 1 aromatic rings. The van der Waals surface area contributed by atoms with Crippen LogP contribution in [0.1, 0.15) is 11.1 Å². The Hall–Kier alpha value is -1.83. The van der Waals surface area contributed by atoms with Crippen LogP contribution in [0.2, 0.25) is 0 Å². The first-order valence-electron chi connectivity index (χ1n) is 5.84. The van der Waals surface area contributed by atoms with Gasteiger partial charge in [0.25, 0.3) is 11.7 Å². The van der Waals surface area contributed by atoms with Crippen molar-refractivity contribution < 1.29 is 14.3 Å². The highest BCUT2D eigenvalue weighted by molar-refractivity contribution is 6.07. The maximum absolute atomic E-state index is 12.5. The molecular weight excluding hydrogens is 230 g/mol. The van der Waals surface area contributed by atoms with E-state index in [0.717, 1.165) is 16.8 Å². The predicted molar refractivity (Wildman–Crippen MR) is 65.9 cm³/mol. The number of aryl methyl sites for hydroxylation is 1. The lowest BCUT2D eigenvalue weighted by molar-refractivity contribution is -0.180. The summed E-state index contributed by atoms with van der Waals surface area (Å²) in [6.45, 7) is 3.01. The molecule has 4 heteroatoms. The maximum Gasteiger partial charge on any atom is 0.293 e.